The van der Waals surface area contributed by atoms with Crippen molar-refractivity contribution in [3.8, 4) is 11.5 Å². The molecule has 4 heteroatoms. The van der Waals surface area contributed by atoms with E-state index in [0.29, 0.717) is 5.89 Å². The Morgan fingerprint density at radius 1 is 1.33 bits per heavy atom. The Morgan fingerprint density at radius 3 is 2.89 bits per heavy atom. The zero-order chi connectivity index (χ0) is 12.7. The quantitative estimate of drug-likeness (QED) is 0.755. The van der Waals surface area contributed by atoms with Gasteiger partial charge in [0.15, 0.2) is 5.58 Å². The fourth-order valence-electron chi connectivity index (χ4n) is 1.95. The van der Waals surface area contributed by atoms with Crippen molar-refractivity contribution in [1.82, 2.24) is 4.98 Å². The van der Waals surface area contributed by atoms with Gasteiger partial charge in [0.2, 0.25) is 5.89 Å². The smallest absolute Gasteiger partial charge is 0.230 e. The molecule has 2 heterocycles. The normalized spacial score (nSPS) is 11.2. The van der Waals surface area contributed by atoms with Crippen LogP contribution in [-0.2, 0) is 6.42 Å². The van der Waals surface area contributed by atoms with Crippen molar-refractivity contribution in [3.05, 3.63) is 34.7 Å². The third-order valence-electron chi connectivity index (χ3n) is 2.93. The van der Waals surface area contributed by atoms with Crippen LogP contribution >= 0.6 is 11.3 Å². The van der Waals surface area contributed by atoms with Gasteiger partial charge in [0.05, 0.1) is 10.6 Å². The fourth-order valence-corrected chi connectivity index (χ4v) is 2.81. The Labute approximate surface area is 109 Å². The number of hydrogen-bond acceptors (Lipinski definition) is 4. The van der Waals surface area contributed by atoms with Gasteiger partial charge >= 0.3 is 0 Å². The minimum Gasteiger partial charge on any atom is -0.436 e. The van der Waals surface area contributed by atoms with E-state index in [9.17, 15) is 0 Å². The predicted molar refractivity (Wildman–Crippen MR) is 75.8 cm³/mol. The van der Waals surface area contributed by atoms with Crippen molar-refractivity contribution in [1.29, 1.82) is 0 Å². The number of anilines is 1. The molecule has 0 saturated heterocycles. The van der Waals surface area contributed by atoms with Crippen molar-refractivity contribution in [3.63, 3.8) is 0 Å². The summed E-state index contributed by atoms with van der Waals surface area (Å²) in [5.41, 5.74) is 9.78. The first-order valence-electron chi connectivity index (χ1n) is 5.93. The summed E-state index contributed by atoms with van der Waals surface area (Å²) in [6.07, 6.45) is 0.980. The lowest BCUT2D eigenvalue weighted by Crippen LogP contribution is -1.82. The molecule has 0 spiro atoms. The lowest BCUT2D eigenvalue weighted by Gasteiger charge is -1.90. The van der Waals surface area contributed by atoms with E-state index in [4.69, 9.17) is 10.2 Å². The zero-order valence-electron chi connectivity index (χ0n) is 10.4. The van der Waals surface area contributed by atoms with Crippen molar-refractivity contribution in [2.24, 2.45) is 0 Å². The second kappa shape index (κ2) is 4.14. The van der Waals surface area contributed by atoms with E-state index in [1.807, 2.05) is 25.1 Å². The maximum atomic E-state index is 6.02. The standard InChI is InChI=1S/C14H14N2OS/c1-3-9-7-10(13(15)18-9)14-16-11-5-4-8(2)6-12(11)17-14/h4-7H,3,15H2,1-2H3. The number of rotatable bonds is 2. The first-order chi connectivity index (χ1) is 8.67. The van der Waals surface area contributed by atoms with Gasteiger partial charge in [-0.25, -0.2) is 4.98 Å². The van der Waals surface area contributed by atoms with Crippen molar-refractivity contribution >= 4 is 27.4 Å². The van der Waals surface area contributed by atoms with E-state index in [0.717, 1.165) is 33.6 Å². The summed E-state index contributed by atoms with van der Waals surface area (Å²) in [5.74, 6) is 0.615. The lowest BCUT2D eigenvalue weighted by atomic mass is 10.2. The van der Waals surface area contributed by atoms with Crippen LogP contribution in [0, 0.1) is 6.92 Å². The van der Waals surface area contributed by atoms with Crippen LogP contribution in [0.4, 0.5) is 5.00 Å². The number of nitrogens with two attached hydrogens (primary N) is 1. The van der Waals surface area contributed by atoms with Gasteiger partial charge < -0.3 is 10.2 Å². The highest BCUT2D eigenvalue weighted by Crippen LogP contribution is 2.35. The lowest BCUT2D eigenvalue weighted by molar-refractivity contribution is 0.620. The monoisotopic (exact) mass is 258 g/mol. The number of oxazole rings is 1. The zero-order valence-corrected chi connectivity index (χ0v) is 11.2. The van der Waals surface area contributed by atoms with Crippen molar-refractivity contribution < 1.29 is 4.42 Å². The van der Waals surface area contributed by atoms with Gasteiger partial charge in [-0.15, -0.1) is 11.3 Å². The van der Waals surface area contributed by atoms with Gasteiger partial charge in [-0.1, -0.05) is 13.0 Å². The Hall–Kier alpha value is -1.81. The highest BCUT2D eigenvalue weighted by molar-refractivity contribution is 7.16. The van der Waals surface area contributed by atoms with E-state index in [1.165, 1.54) is 4.88 Å². The van der Waals surface area contributed by atoms with Gasteiger partial charge in [-0.2, -0.15) is 0 Å². The van der Waals surface area contributed by atoms with Gasteiger partial charge in [-0.3, -0.25) is 0 Å². The summed E-state index contributed by atoms with van der Waals surface area (Å²) < 4.78 is 5.79. The molecule has 92 valence electrons. The number of thiophene rings is 1. The highest BCUT2D eigenvalue weighted by Gasteiger charge is 2.14. The molecule has 0 atom stereocenters. The van der Waals surface area contributed by atoms with Crippen LogP contribution in [0.15, 0.2) is 28.7 Å². The average molecular weight is 258 g/mol. The molecule has 0 amide bonds. The number of hydrogen-bond donors (Lipinski definition) is 1. The number of nitrogen functional groups attached to an aromatic ring is 1. The molecule has 0 radical (unpaired) electrons. The largest absolute Gasteiger partial charge is 0.436 e. The summed E-state index contributed by atoms with van der Waals surface area (Å²) in [5, 5.41) is 0.773. The van der Waals surface area contributed by atoms with Crippen LogP contribution in [0.1, 0.15) is 17.4 Å². The predicted octanol–water partition coefficient (Wildman–Crippen LogP) is 4.01. The summed E-state index contributed by atoms with van der Waals surface area (Å²) in [6.45, 7) is 4.15. The number of aryl methyl sites for hydroxylation is 2. The molecule has 0 unspecified atom stereocenters. The second-order valence-electron chi connectivity index (χ2n) is 4.33. The van der Waals surface area contributed by atoms with Crippen molar-refractivity contribution in [2.75, 3.05) is 5.73 Å². The van der Waals surface area contributed by atoms with Crippen LogP contribution in [-0.4, -0.2) is 4.98 Å². The third kappa shape index (κ3) is 1.78. The first kappa shape index (κ1) is 11.3. The van der Waals surface area contributed by atoms with E-state index in [2.05, 4.69) is 18.0 Å². The molecule has 3 aromatic rings. The SMILES string of the molecule is CCc1cc(-c2nc3ccc(C)cc3o2)c(N)s1. The second-order valence-corrected chi connectivity index (χ2v) is 5.50. The van der Waals surface area contributed by atoms with Crippen LogP contribution in [0.2, 0.25) is 0 Å². The van der Waals surface area contributed by atoms with Gasteiger partial charge in [0, 0.05) is 4.88 Å². The molecule has 0 aliphatic heterocycles. The van der Waals surface area contributed by atoms with E-state index < -0.39 is 0 Å². The number of benzene rings is 1. The molecule has 0 aliphatic rings. The summed E-state index contributed by atoms with van der Waals surface area (Å²) in [7, 11) is 0. The molecule has 1 aromatic carbocycles. The first-order valence-corrected chi connectivity index (χ1v) is 6.74. The Kier molecular flexibility index (Phi) is 2.59. The molecule has 0 aliphatic carbocycles. The fraction of sp³-hybridized carbons (Fsp3) is 0.214. The van der Waals surface area contributed by atoms with Crippen LogP contribution in [0.5, 0.6) is 0 Å². The van der Waals surface area contributed by atoms with E-state index in [1.54, 1.807) is 11.3 Å². The van der Waals surface area contributed by atoms with E-state index in [-0.39, 0.29) is 0 Å². The topological polar surface area (TPSA) is 52.0 Å². The minimum absolute atomic E-state index is 0.615. The third-order valence-corrected chi connectivity index (χ3v) is 4.04. The summed E-state index contributed by atoms with van der Waals surface area (Å²) in [4.78, 5) is 5.74. The van der Waals surface area contributed by atoms with Gasteiger partial charge in [0.25, 0.3) is 0 Å². The Bertz CT molecular complexity index is 712. The molecule has 3 rings (SSSR count). The highest BCUT2D eigenvalue weighted by atomic mass is 32.1. The molecule has 0 saturated carbocycles. The molecular formula is C14H14N2OS. The van der Waals surface area contributed by atoms with E-state index >= 15 is 0 Å². The number of fused-ring (bicyclic) bond motifs is 1. The van der Waals surface area contributed by atoms with Gasteiger partial charge in [-0.05, 0) is 37.1 Å². The molecule has 2 aromatic heterocycles. The van der Waals surface area contributed by atoms with Crippen LogP contribution in [0.3, 0.4) is 0 Å². The molecular weight excluding hydrogens is 244 g/mol. The molecule has 18 heavy (non-hydrogen) atoms. The maximum Gasteiger partial charge on any atom is 0.230 e. The average Bonchev–Trinajstić information content (AvgIpc) is 2.91. The molecule has 0 bridgehead atoms. The van der Waals surface area contributed by atoms with Crippen LogP contribution < -0.4 is 5.73 Å². The maximum absolute atomic E-state index is 6.02. The Balaban J connectivity index is 2.15. The van der Waals surface area contributed by atoms with Crippen LogP contribution in [0.25, 0.3) is 22.6 Å². The summed E-state index contributed by atoms with van der Waals surface area (Å²) >= 11 is 1.60. The molecule has 3 nitrogen and oxygen atoms in total. The molecule has 2 N–H and O–H groups in total. The molecule has 0 fully saturated rings. The summed E-state index contributed by atoms with van der Waals surface area (Å²) in [6, 6.07) is 8.07. The number of aromatic nitrogens is 1. The number of nitrogens with zero attached hydrogens (tertiary/aromatic N) is 1. The van der Waals surface area contributed by atoms with Crippen molar-refractivity contribution in [2.45, 2.75) is 20.3 Å². The van der Waals surface area contributed by atoms with Gasteiger partial charge in [0.1, 0.15) is 5.52 Å². The minimum atomic E-state index is 0.615. The Morgan fingerprint density at radius 2 is 2.17 bits per heavy atom.